The number of carbonyl (C=O) groups is 1. The topological polar surface area (TPSA) is 20.3 Å². The fraction of sp³-hybridized carbons (Fsp3) is 0.917. The summed E-state index contributed by atoms with van der Waals surface area (Å²) < 4.78 is 0. The summed E-state index contributed by atoms with van der Waals surface area (Å²) in [6.45, 7) is 6.50. The summed E-state index contributed by atoms with van der Waals surface area (Å²) in [4.78, 5) is 14.2. The third kappa shape index (κ3) is 3.79. The highest BCUT2D eigenvalue weighted by Crippen LogP contribution is 2.20. The molecule has 1 unspecified atom stereocenters. The van der Waals surface area contributed by atoms with Crippen molar-refractivity contribution < 1.29 is 4.79 Å². The Bertz CT molecular complexity index is 189. The van der Waals surface area contributed by atoms with Gasteiger partial charge in [-0.05, 0) is 45.3 Å². The molecule has 0 aromatic carbocycles. The molecule has 2 nitrogen and oxygen atoms in total. The summed E-state index contributed by atoms with van der Waals surface area (Å²) in [5.41, 5.74) is 0. The van der Waals surface area contributed by atoms with Crippen molar-refractivity contribution in [3.63, 3.8) is 0 Å². The van der Waals surface area contributed by atoms with Crippen LogP contribution in [0.4, 0.5) is 0 Å². The summed E-state index contributed by atoms with van der Waals surface area (Å²) in [5, 5.41) is 0. The molecular weight excluding hydrogens is 174 g/mol. The molecule has 1 atom stereocenters. The highest BCUT2D eigenvalue weighted by molar-refractivity contribution is 5.81. The van der Waals surface area contributed by atoms with Crippen molar-refractivity contribution in [1.29, 1.82) is 0 Å². The first-order chi connectivity index (χ1) is 6.59. The number of nitrogens with zero attached hydrogens (tertiary/aromatic N) is 1. The Labute approximate surface area is 87.7 Å². The first-order valence-electron chi connectivity index (χ1n) is 5.81. The molecule has 0 spiro atoms. The van der Waals surface area contributed by atoms with E-state index < -0.39 is 0 Å². The van der Waals surface area contributed by atoms with Crippen LogP contribution in [0.15, 0.2) is 0 Å². The number of Topliss-reactive ketones (excluding diaryl/α,β-unsaturated/α-hetero) is 1. The number of hydrogen-bond acceptors (Lipinski definition) is 2. The van der Waals surface area contributed by atoms with Crippen LogP contribution in [-0.2, 0) is 4.79 Å². The Balaban J connectivity index is 2.39. The molecule has 0 aromatic rings. The SMILES string of the molecule is CC(C)CC(=O)C1CCCN(C)CC1. The lowest BCUT2D eigenvalue weighted by Crippen LogP contribution is -2.21. The number of rotatable bonds is 3. The maximum absolute atomic E-state index is 11.8. The standard InChI is InChI=1S/C12H23NO/c1-10(2)9-12(14)11-5-4-7-13(3)8-6-11/h10-11H,4-9H2,1-3H3. The average molecular weight is 197 g/mol. The molecule has 0 N–H and O–H groups in total. The van der Waals surface area contributed by atoms with Gasteiger partial charge in [0.1, 0.15) is 5.78 Å². The van der Waals surface area contributed by atoms with Crippen molar-refractivity contribution >= 4 is 5.78 Å². The Morgan fingerprint density at radius 1 is 1.36 bits per heavy atom. The summed E-state index contributed by atoms with van der Waals surface area (Å²) in [6, 6.07) is 0. The fourth-order valence-electron chi connectivity index (χ4n) is 2.13. The van der Waals surface area contributed by atoms with Crippen LogP contribution >= 0.6 is 0 Å². The van der Waals surface area contributed by atoms with Gasteiger partial charge in [0.25, 0.3) is 0 Å². The zero-order chi connectivity index (χ0) is 10.6. The lowest BCUT2D eigenvalue weighted by atomic mass is 9.91. The molecular formula is C12H23NO. The van der Waals surface area contributed by atoms with E-state index in [-0.39, 0.29) is 0 Å². The zero-order valence-electron chi connectivity index (χ0n) is 9.75. The van der Waals surface area contributed by atoms with E-state index in [2.05, 4.69) is 25.8 Å². The molecule has 0 radical (unpaired) electrons. The molecule has 1 heterocycles. The molecule has 1 fully saturated rings. The van der Waals surface area contributed by atoms with Crippen molar-refractivity contribution in [2.24, 2.45) is 11.8 Å². The molecule has 1 rings (SSSR count). The molecule has 1 aliphatic heterocycles. The molecule has 82 valence electrons. The molecule has 1 saturated heterocycles. The molecule has 0 amide bonds. The second kappa shape index (κ2) is 5.50. The van der Waals surface area contributed by atoms with Gasteiger partial charge in [-0.25, -0.2) is 0 Å². The van der Waals surface area contributed by atoms with Crippen molar-refractivity contribution in [3.05, 3.63) is 0 Å². The Morgan fingerprint density at radius 3 is 2.71 bits per heavy atom. The van der Waals surface area contributed by atoms with Gasteiger partial charge in [-0.3, -0.25) is 4.79 Å². The van der Waals surface area contributed by atoms with Gasteiger partial charge in [-0.2, -0.15) is 0 Å². The van der Waals surface area contributed by atoms with Gasteiger partial charge in [0, 0.05) is 12.3 Å². The third-order valence-corrected chi connectivity index (χ3v) is 3.02. The van der Waals surface area contributed by atoms with Crippen LogP contribution in [0.1, 0.15) is 39.5 Å². The Hall–Kier alpha value is -0.370. The predicted molar refractivity (Wildman–Crippen MR) is 59.3 cm³/mol. The van der Waals surface area contributed by atoms with Crippen molar-refractivity contribution in [1.82, 2.24) is 4.90 Å². The zero-order valence-corrected chi connectivity index (χ0v) is 9.75. The van der Waals surface area contributed by atoms with E-state index in [4.69, 9.17) is 0 Å². The van der Waals surface area contributed by atoms with Gasteiger partial charge in [0.15, 0.2) is 0 Å². The van der Waals surface area contributed by atoms with Crippen LogP contribution in [0.3, 0.4) is 0 Å². The van der Waals surface area contributed by atoms with E-state index in [1.54, 1.807) is 0 Å². The van der Waals surface area contributed by atoms with E-state index in [9.17, 15) is 4.79 Å². The van der Waals surface area contributed by atoms with Gasteiger partial charge in [-0.15, -0.1) is 0 Å². The van der Waals surface area contributed by atoms with Gasteiger partial charge < -0.3 is 4.90 Å². The van der Waals surface area contributed by atoms with E-state index in [1.165, 1.54) is 6.42 Å². The van der Waals surface area contributed by atoms with Crippen LogP contribution in [0.25, 0.3) is 0 Å². The summed E-state index contributed by atoms with van der Waals surface area (Å²) in [7, 11) is 2.15. The number of likely N-dealkylation sites (tertiary alicyclic amines) is 1. The number of hydrogen-bond donors (Lipinski definition) is 0. The Morgan fingerprint density at radius 2 is 2.07 bits per heavy atom. The maximum atomic E-state index is 11.8. The van der Waals surface area contributed by atoms with E-state index >= 15 is 0 Å². The lowest BCUT2D eigenvalue weighted by molar-refractivity contribution is -0.123. The van der Waals surface area contributed by atoms with Crippen molar-refractivity contribution in [2.45, 2.75) is 39.5 Å². The van der Waals surface area contributed by atoms with Crippen LogP contribution < -0.4 is 0 Å². The molecule has 2 heteroatoms. The van der Waals surface area contributed by atoms with Gasteiger partial charge in [0.05, 0.1) is 0 Å². The smallest absolute Gasteiger partial charge is 0.136 e. The predicted octanol–water partition coefficient (Wildman–Crippen LogP) is 2.33. The third-order valence-electron chi connectivity index (χ3n) is 3.02. The average Bonchev–Trinajstić information content (AvgIpc) is 2.28. The maximum Gasteiger partial charge on any atom is 0.136 e. The highest BCUT2D eigenvalue weighted by Gasteiger charge is 2.21. The van der Waals surface area contributed by atoms with Crippen LogP contribution in [0.5, 0.6) is 0 Å². The molecule has 1 aliphatic rings. The van der Waals surface area contributed by atoms with Crippen LogP contribution in [-0.4, -0.2) is 30.8 Å². The monoisotopic (exact) mass is 197 g/mol. The van der Waals surface area contributed by atoms with Crippen LogP contribution in [0.2, 0.25) is 0 Å². The number of carbonyl (C=O) groups excluding carboxylic acids is 1. The fourth-order valence-corrected chi connectivity index (χ4v) is 2.13. The molecule has 14 heavy (non-hydrogen) atoms. The summed E-state index contributed by atoms with van der Waals surface area (Å²) in [5.74, 6) is 1.36. The van der Waals surface area contributed by atoms with E-state index in [0.29, 0.717) is 17.6 Å². The first kappa shape index (κ1) is 11.7. The number of ketones is 1. The van der Waals surface area contributed by atoms with E-state index in [0.717, 1.165) is 32.4 Å². The minimum absolute atomic E-state index is 0.349. The molecule has 0 aliphatic carbocycles. The second-order valence-corrected chi connectivity index (χ2v) is 5.00. The van der Waals surface area contributed by atoms with Gasteiger partial charge in [0.2, 0.25) is 0 Å². The highest BCUT2D eigenvalue weighted by atomic mass is 16.1. The van der Waals surface area contributed by atoms with E-state index in [1.807, 2.05) is 0 Å². The minimum Gasteiger partial charge on any atom is -0.306 e. The molecule has 0 aromatic heterocycles. The normalized spacial score (nSPS) is 25.0. The minimum atomic E-state index is 0.349. The second-order valence-electron chi connectivity index (χ2n) is 5.00. The summed E-state index contributed by atoms with van der Waals surface area (Å²) in [6.07, 6.45) is 4.14. The van der Waals surface area contributed by atoms with Gasteiger partial charge in [-0.1, -0.05) is 13.8 Å². The lowest BCUT2D eigenvalue weighted by Gasteiger charge is -2.14. The van der Waals surface area contributed by atoms with Crippen molar-refractivity contribution in [3.8, 4) is 0 Å². The first-order valence-corrected chi connectivity index (χ1v) is 5.81. The van der Waals surface area contributed by atoms with Gasteiger partial charge >= 0.3 is 0 Å². The molecule has 0 saturated carbocycles. The molecule has 0 bridgehead atoms. The van der Waals surface area contributed by atoms with Crippen LogP contribution in [0, 0.1) is 11.8 Å². The largest absolute Gasteiger partial charge is 0.306 e. The summed E-state index contributed by atoms with van der Waals surface area (Å²) >= 11 is 0. The quantitative estimate of drug-likeness (QED) is 0.692. The Kier molecular flexibility index (Phi) is 4.59. The van der Waals surface area contributed by atoms with Crippen molar-refractivity contribution in [2.75, 3.05) is 20.1 Å².